The molecule has 1 aliphatic heterocycles. The van der Waals surface area contributed by atoms with E-state index in [-0.39, 0.29) is 11.8 Å². The lowest BCUT2D eigenvalue weighted by Gasteiger charge is -2.32. The minimum absolute atomic E-state index is 0.169. The van der Waals surface area contributed by atoms with Crippen LogP contribution in [0.25, 0.3) is 0 Å². The van der Waals surface area contributed by atoms with Crippen LogP contribution in [0, 0.1) is 5.92 Å². The van der Waals surface area contributed by atoms with E-state index >= 15 is 0 Å². The topological polar surface area (TPSA) is 94.6 Å². The van der Waals surface area contributed by atoms with Gasteiger partial charge in [-0.3, -0.25) is 14.6 Å². The molecule has 1 aliphatic rings. The first kappa shape index (κ1) is 16.4. The molecule has 2 atom stereocenters. The van der Waals surface area contributed by atoms with Crippen LogP contribution < -0.4 is 10.6 Å². The highest BCUT2D eigenvalue weighted by Gasteiger charge is 2.31. The molecule has 2 rings (SSSR count). The van der Waals surface area contributed by atoms with E-state index in [2.05, 4.69) is 15.6 Å². The summed E-state index contributed by atoms with van der Waals surface area (Å²) in [5.74, 6) is -0.777. The fraction of sp³-hybridized carbons (Fsp3) is 0.533. The molecule has 22 heavy (non-hydrogen) atoms. The molecule has 2 amide bonds. The second kappa shape index (κ2) is 7.86. The SMILES string of the molecule is CN1CC[C@@H](O)[C@H](C(=O)NCCNC(=O)c2ccncc2)C1. The number of rotatable bonds is 5. The third kappa shape index (κ3) is 4.51. The number of aliphatic hydroxyl groups excluding tert-OH is 1. The Balaban J connectivity index is 1.70. The number of hydrogen-bond acceptors (Lipinski definition) is 5. The molecule has 1 fully saturated rings. The van der Waals surface area contributed by atoms with Crippen LogP contribution in [0.4, 0.5) is 0 Å². The number of likely N-dealkylation sites (tertiary alicyclic amines) is 1. The van der Waals surface area contributed by atoms with Gasteiger partial charge in [0.05, 0.1) is 12.0 Å². The summed E-state index contributed by atoms with van der Waals surface area (Å²) >= 11 is 0. The Bertz CT molecular complexity index is 509. The zero-order valence-electron chi connectivity index (χ0n) is 12.7. The van der Waals surface area contributed by atoms with E-state index in [0.717, 1.165) is 6.54 Å². The van der Waals surface area contributed by atoms with Gasteiger partial charge >= 0.3 is 0 Å². The van der Waals surface area contributed by atoms with E-state index in [1.165, 1.54) is 0 Å². The molecule has 2 heterocycles. The average molecular weight is 306 g/mol. The van der Waals surface area contributed by atoms with Crippen LogP contribution in [0.3, 0.4) is 0 Å². The van der Waals surface area contributed by atoms with Crippen LogP contribution >= 0.6 is 0 Å². The number of amides is 2. The fourth-order valence-corrected chi connectivity index (χ4v) is 2.46. The van der Waals surface area contributed by atoms with Crippen LogP contribution in [0.1, 0.15) is 16.8 Å². The molecular weight excluding hydrogens is 284 g/mol. The van der Waals surface area contributed by atoms with Gasteiger partial charge in [-0.2, -0.15) is 0 Å². The number of pyridine rings is 1. The molecule has 0 aromatic carbocycles. The first-order chi connectivity index (χ1) is 10.6. The van der Waals surface area contributed by atoms with Crippen molar-refractivity contribution in [1.82, 2.24) is 20.5 Å². The molecule has 0 saturated carbocycles. The van der Waals surface area contributed by atoms with Crippen molar-refractivity contribution in [2.45, 2.75) is 12.5 Å². The Kier molecular flexibility index (Phi) is 5.85. The maximum Gasteiger partial charge on any atom is 0.251 e. The molecular formula is C15H22N4O3. The van der Waals surface area contributed by atoms with Crippen molar-refractivity contribution in [1.29, 1.82) is 0 Å². The molecule has 0 bridgehead atoms. The third-order valence-corrected chi connectivity index (χ3v) is 3.77. The molecule has 1 saturated heterocycles. The summed E-state index contributed by atoms with van der Waals surface area (Å²) in [4.78, 5) is 29.7. The van der Waals surface area contributed by atoms with E-state index < -0.39 is 12.0 Å². The molecule has 0 radical (unpaired) electrons. The monoisotopic (exact) mass is 306 g/mol. The van der Waals surface area contributed by atoms with Crippen LogP contribution in [0.5, 0.6) is 0 Å². The summed E-state index contributed by atoms with van der Waals surface area (Å²) in [6.07, 6.45) is 3.12. The summed E-state index contributed by atoms with van der Waals surface area (Å²) in [6, 6.07) is 3.25. The summed E-state index contributed by atoms with van der Waals surface area (Å²) in [5, 5.41) is 15.4. The minimum atomic E-state index is -0.595. The zero-order chi connectivity index (χ0) is 15.9. The van der Waals surface area contributed by atoms with Crippen molar-refractivity contribution in [3.63, 3.8) is 0 Å². The van der Waals surface area contributed by atoms with E-state index in [4.69, 9.17) is 0 Å². The number of nitrogens with one attached hydrogen (secondary N) is 2. The number of carbonyl (C=O) groups excluding carboxylic acids is 2. The normalized spacial score (nSPS) is 22.1. The maximum atomic E-state index is 12.0. The van der Waals surface area contributed by atoms with Crippen molar-refractivity contribution < 1.29 is 14.7 Å². The number of carbonyl (C=O) groups is 2. The quantitative estimate of drug-likeness (QED) is 0.622. The lowest BCUT2D eigenvalue weighted by molar-refractivity contribution is -0.131. The summed E-state index contributed by atoms with van der Waals surface area (Å²) in [5.41, 5.74) is 0.533. The Morgan fingerprint density at radius 2 is 2.00 bits per heavy atom. The van der Waals surface area contributed by atoms with Crippen LogP contribution in [0.15, 0.2) is 24.5 Å². The number of piperidine rings is 1. The largest absolute Gasteiger partial charge is 0.392 e. The average Bonchev–Trinajstić information content (AvgIpc) is 2.54. The fourth-order valence-electron chi connectivity index (χ4n) is 2.46. The van der Waals surface area contributed by atoms with E-state index in [1.807, 2.05) is 11.9 Å². The van der Waals surface area contributed by atoms with Gasteiger partial charge in [-0.05, 0) is 25.6 Å². The van der Waals surface area contributed by atoms with Gasteiger partial charge < -0.3 is 20.6 Å². The molecule has 7 nitrogen and oxygen atoms in total. The lowest BCUT2D eigenvalue weighted by atomic mass is 9.94. The van der Waals surface area contributed by atoms with Crippen molar-refractivity contribution in [3.8, 4) is 0 Å². The number of hydrogen-bond donors (Lipinski definition) is 3. The highest BCUT2D eigenvalue weighted by atomic mass is 16.3. The maximum absolute atomic E-state index is 12.0. The molecule has 120 valence electrons. The van der Waals surface area contributed by atoms with Crippen LogP contribution in [0.2, 0.25) is 0 Å². The van der Waals surface area contributed by atoms with Crippen molar-refractivity contribution in [2.24, 2.45) is 5.92 Å². The van der Waals surface area contributed by atoms with Gasteiger partial charge in [0.1, 0.15) is 0 Å². The van der Waals surface area contributed by atoms with Gasteiger partial charge in [-0.15, -0.1) is 0 Å². The summed E-state index contributed by atoms with van der Waals surface area (Å²) < 4.78 is 0. The number of nitrogens with zero attached hydrogens (tertiary/aromatic N) is 2. The van der Waals surface area contributed by atoms with Gasteiger partial charge in [0.15, 0.2) is 0 Å². The molecule has 7 heteroatoms. The molecule has 3 N–H and O–H groups in total. The first-order valence-corrected chi connectivity index (χ1v) is 7.40. The Morgan fingerprint density at radius 1 is 1.32 bits per heavy atom. The van der Waals surface area contributed by atoms with Crippen LogP contribution in [-0.4, -0.2) is 66.1 Å². The summed E-state index contributed by atoms with van der Waals surface area (Å²) in [7, 11) is 1.93. The van der Waals surface area contributed by atoms with Crippen LogP contribution in [-0.2, 0) is 4.79 Å². The first-order valence-electron chi connectivity index (χ1n) is 7.40. The van der Waals surface area contributed by atoms with Crippen molar-refractivity contribution in [2.75, 3.05) is 33.2 Å². The highest BCUT2D eigenvalue weighted by Crippen LogP contribution is 2.15. The Labute approximate surface area is 129 Å². The molecule has 1 aromatic rings. The second-order valence-electron chi connectivity index (χ2n) is 5.51. The van der Waals surface area contributed by atoms with Crippen molar-refractivity contribution in [3.05, 3.63) is 30.1 Å². The Hall–Kier alpha value is -1.99. The molecule has 0 unspecified atom stereocenters. The van der Waals surface area contributed by atoms with Gasteiger partial charge in [0.2, 0.25) is 5.91 Å². The number of aliphatic hydroxyl groups is 1. The predicted molar refractivity (Wildman–Crippen MR) is 81.2 cm³/mol. The predicted octanol–water partition coefficient (Wildman–Crippen LogP) is -0.760. The second-order valence-corrected chi connectivity index (χ2v) is 5.51. The zero-order valence-corrected chi connectivity index (χ0v) is 12.7. The summed E-state index contributed by atoms with van der Waals surface area (Å²) in [6.45, 7) is 2.03. The van der Waals surface area contributed by atoms with E-state index in [1.54, 1.807) is 24.5 Å². The molecule has 1 aromatic heterocycles. The lowest BCUT2D eigenvalue weighted by Crippen LogP contribution is -2.49. The van der Waals surface area contributed by atoms with E-state index in [9.17, 15) is 14.7 Å². The van der Waals surface area contributed by atoms with E-state index in [0.29, 0.717) is 31.6 Å². The minimum Gasteiger partial charge on any atom is -0.392 e. The van der Waals surface area contributed by atoms with Crippen molar-refractivity contribution >= 4 is 11.8 Å². The van der Waals surface area contributed by atoms with Gasteiger partial charge in [0.25, 0.3) is 5.91 Å². The molecule has 0 aliphatic carbocycles. The standard InChI is InChI=1S/C15H22N4O3/c1-19-9-4-13(20)12(10-19)15(22)18-8-7-17-14(21)11-2-5-16-6-3-11/h2-3,5-6,12-13,20H,4,7-10H2,1H3,(H,17,21)(H,18,22)/t12-,13-/m1/s1. The highest BCUT2D eigenvalue weighted by molar-refractivity contribution is 5.94. The smallest absolute Gasteiger partial charge is 0.251 e. The number of aromatic nitrogens is 1. The van der Waals surface area contributed by atoms with Gasteiger partial charge in [0, 0.05) is 44.1 Å². The van der Waals surface area contributed by atoms with Gasteiger partial charge in [-0.1, -0.05) is 0 Å². The van der Waals surface area contributed by atoms with Gasteiger partial charge in [-0.25, -0.2) is 0 Å². The molecule has 0 spiro atoms. The Morgan fingerprint density at radius 3 is 2.73 bits per heavy atom. The third-order valence-electron chi connectivity index (χ3n) is 3.77.